The van der Waals surface area contributed by atoms with E-state index in [4.69, 9.17) is 9.47 Å². The highest BCUT2D eigenvalue weighted by molar-refractivity contribution is 6.04. The molecule has 5 fully saturated rings. The predicted octanol–water partition coefficient (Wildman–Crippen LogP) is -0.437. The van der Waals surface area contributed by atoms with Gasteiger partial charge in [0, 0.05) is 11.3 Å². The van der Waals surface area contributed by atoms with Gasteiger partial charge in [-0.25, -0.2) is 0 Å². The third kappa shape index (κ3) is 3.09. The molecule has 1 heterocycles. The number of allylic oxidation sites excluding steroid dienone is 1. The fourth-order valence-corrected chi connectivity index (χ4v) is 8.82. The molecule has 0 aromatic rings. The van der Waals surface area contributed by atoms with Gasteiger partial charge in [0.2, 0.25) is 6.29 Å². The largest absolute Gasteiger partial charge is 0.432 e. The number of fused-ring (bicyclic) bond motifs is 3. The molecule has 202 valence electrons. The van der Waals surface area contributed by atoms with Crippen molar-refractivity contribution >= 4 is 11.8 Å². The van der Waals surface area contributed by atoms with Crippen molar-refractivity contribution in [2.45, 2.75) is 101 Å². The van der Waals surface area contributed by atoms with Crippen molar-refractivity contribution in [1.82, 2.24) is 0 Å². The standard InChI is InChI=1S/C26H38O10/c1-12-13-5-8-26(34)24(3)7-4-6-23(2,19(24)14(28)10-25(26,9-13)20(12)32)22(33)36-21-18(31)17(30)16(29)15(11-27)35-21/h13-19,21,27-31,34H,1,4-11H2,2-3H3/t13-,14?,15-,16-,17+,18-,19-,21+,23-,24-,25-,26-/m1/s1. The lowest BCUT2D eigenvalue weighted by atomic mass is 9.38. The first-order chi connectivity index (χ1) is 16.8. The topological polar surface area (TPSA) is 174 Å². The molecular weight excluding hydrogens is 472 g/mol. The number of aliphatic hydroxyl groups excluding tert-OH is 5. The van der Waals surface area contributed by atoms with E-state index in [1.165, 1.54) is 0 Å². The maximum atomic E-state index is 13.7. The Morgan fingerprint density at radius 3 is 2.44 bits per heavy atom. The fourth-order valence-electron chi connectivity index (χ4n) is 8.82. The molecule has 4 saturated carbocycles. The Hall–Kier alpha value is -1.40. The lowest BCUT2D eigenvalue weighted by Gasteiger charge is -2.68. The van der Waals surface area contributed by atoms with E-state index >= 15 is 0 Å². The maximum absolute atomic E-state index is 13.7. The first-order valence-corrected chi connectivity index (χ1v) is 12.9. The Kier molecular flexibility index (Phi) is 6.04. The summed E-state index contributed by atoms with van der Waals surface area (Å²) in [4.78, 5) is 27.2. The molecule has 5 rings (SSSR count). The minimum absolute atomic E-state index is 0.00347. The summed E-state index contributed by atoms with van der Waals surface area (Å²) in [5.74, 6) is -1.71. The summed E-state index contributed by atoms with van der Waals surface area (Å²) >= 11 is 0. The summed E-state index contributed by atoms with van der Waals surface area (Å²) in [6, 6.07) is 0. The minimum Gasteiger partial charge on any atom is -0.432 e. The number of carbonyl (C=O) groups is 2. The van der Waals surface area contributed by atoms with Gasteiger partial charge in [0.15, 0.2) is 5.78 Å². The molecule has 2 bridgehead atoms. The summed E-state index contributed by atoms with van der Waals surface area (Å²) in [5, 5.41) is 63.9. The molecule has 0 radical (unpaired) electrons. The average molecular weight is 511 g/mol. The van der Waals surface area contributed by atoms with Crippen LogP contribution in [0.25, 0.3) is 0 Å². The van der Waals surface area contributed by atoms with Gasteiger partial charge in [-0.05, 0) is 56.9 Å². The SMILES string of the molecule is C=C1C(=O)[C@@]23CC(O)[C@@H]4[C@](C)(C(=O)O[C@@H]5O[C@H](CO)[C@@H](O)[C@H](O)[C@H]5O)CCC[C@@]4(C)[C@]2(O)CC[C@@H]1C3. The molecule has 5 aliphatic rings. The van der Waals surface area contributed by atoms with Crippen molar-refractivity contribution in [3.63, 3.8) is 0 Å². The Balaban J connectivity index is 1.48. The van der Waals surface area contributed by atoms with Crippen LogP contribution in [-0.4, -0.2) is 91.4 Å². The molecule has 0 aromatic carbocycles. The van der Waals surface area contributed by atoms with E-state index in [9.17, 15) is 40.2 Å². The normalized spacial score (nSPS) is 54.6. The molecule has 10 nitrogen and oxygen atoms in total. The molecule has 10 heteroatoms. The molecule has 6 N–H and O–H groups in total. The lowest BCUT2D eigenvalue weighted by molar-refractivity contribution is -0.306. The lowest BCUT2D eigenvalue weighted by Crippen LogP contribution is -2.73. The molecule has 0 amide bonds. The van der Waals surface area contributed by atoms with Crippen molar-refractivity contribution in [3.05, 3.63) is 12.2 Å². The predicted molar refractivity (Wildman–Crippen MR) is 123 cm³/mol. The van der Waals surface area contributed by atoms with Crippen LogP contribution in [0.1, 0.15) is 58.8 Å². The quantitative estimate of drug-likeness (QED) is 0.216. The second-order valence-electron chi connectivity index (χ2n) is 12.3. The smallest absolute Gasteiger partial charge is 0.314 e. The zero-order chi connectivity index (χ0) is 26.4. The van der Waals surface area contributed by atoms with Crippen LogP contribution in [-0.2, 0) is 19.1 Å². The summed E-state index contributed by atoms with van der Waals surface area (Å²) in [7, 11) is 0. The maximum Gasteiger partial charge on any atom is 0.314 e. The fraction of sp³-hybridized carbons (Fsp3) is 0.846. The van der Waals surface area contributed by atoms with Gasteiger partial charge < -0.3 is 40.1 Å². The number of hydrogen-bond donors (Lipinski definition) is 6. The van der Waals surface area contributed by atoms with Crippen molar-refractivity contribution in [2.75, 3.05) is 6.61 Å². The summed E-state index contributed by atoms with van der Waals surface area (Å²) in [5.41, 5.74) is -4.31. The van der Waals surface area contributed by atoms with Crippen LogP contribution in [0, 0.1) is 28.1 Å². The molecule has 36 heavy (non-hydrogen) atoms. The van der Waals surface area contributed by atoms with E-state index < -0.39 is 77.1 Å². The zero-order valence-electron chi connectivity index (χ0n) is 20.8. The van der Waals surface area contributed by atoms with Gasteiger partial charge in [-0.2, -0.15) is 0 Å². The number of aliphatic hydroxyl groups is 6. The number of Topliss-reactive ketones (excluding diaryl/α,β-unsaturated/α-hetero) is 1. The number of rotatable bonds is 3. The second-order valence-corrected chi connectivity index (χ2v) is 12.3. The summed E-state index contributed by atoms with van der Waals surface area (Å²) < 4.78 is 10.9. The van der Waals surface area contributed by atoms with E-state index in [0.717, 1.165) is 0 Å². The van der Waals surface area contributed by atoms with Crippen LogP contribution in [0.4, 0.5) is 0 Å². The van der Waals surface area contributed by atoms with Gasteiger partial charge in [-0.1, -0.05) is 19.9 Å². The first-order valence-electron chi connectivity index (χ1n) is 12.9. The van der Waals surface area contributed by atoms with Crippen LogP contribution in [0.5, 0.6) is 0 Å². The Morgan fingerprint density at radius 2 is 1.78 bits per heavy atom. The summed E-state index contributed by atoms with van der Waals surface area (Å²) in [6.07, 6.45) is -6.11. The van der Waals surface area contributed by atoms with Gasteiger partial charge in [0.05, 0.1) is 29.1 Å². The first kappa shape index (κ1) is 26.2. The molecule has 4 aliphatic carbocycles. The van der Waals surface area contributed by atoms with Crippen LogP contribution >= 0.6 is 0 Å². The Bertz CT molecular complexity index is 966. The van der Waals surface area contributed by atoms with Crippen LogP contribution < -0.4 is 0 Å². The van der Waals surface area contributed by atoms with Crippen LogP contribution in [0.3, 0.4) is 0 Å². The third-order valence-corrected chi connectivity index (χ3v) is 10.7. The molecule has 1 spiro atoms. The molecule has 1 unspecified atom stereocenters. The van der Waals surface area contributed by atoms with Gasteiger partial charge in [-0.3, -0.25) is 9.59 Å². The van der Waals surface area contributed by atoms with E-state index in [-0.39, 0.29) is 18.1 Å². The Labute approximate surface area is 209 Å². The molecule has 0 aromatic heterocycles. The van der Waals surface area contributed by atoms with Crippen molar-refractivity contribution in [3.8, 4) is 0 Å². The number of ether oxygens (including phenoxy) is 2. The van der Waals surface area contributed by atoms with E-state index in [2.05, 4.69) is 6.58 Å². The number of carbonyl (C=O) groups excluding carboxylic acids is 2. The minimum atomic E-state index is -1.74. The van der Waals surface area contributed by atoms with Gasteiger partial charge >= 0.3 is 5.97 Å². The number of hydrogen-bond acceptors (Lipinski definition) is 10. The average Bonchev–Trinajstić information content (AvgIpc) is 3.03. The zero-order valence-corrected chi connectivity index (χ0v) is 20.8. The second kappa shape index (κ2) is 8.30. The van der Waals surface area contributed by atoms with E-state index in [1.54, 1.807) is 6.92 Å². The summed E-state index contributed by atoms with van der Waals surface area (Å²) in [6.45, 7) is 6.84. The van der Waals surface area contributed by atoms with Gasteiger partial charge in [-0.15, -0.1) is 0 Å². The number of ketones is 1. The van der Waals surface area contributed by atoms with Crippen molar-refractivity contribution in [2.24, 2.45) is 28.1 Å². The van der Waals surface area contributed by atoms with Crippen LogP contribution in [0.2, 0.25) is 0 Å². The van der Waals surface area contributed by atoms with E-state index in [0.29, 0.717) is 44.1 Å². The highest BCUT2D eigenvalue weighted by Gasteiger charge is 2.77. The third-order valence-electron chi connectivity index (χ3n) is 10.7. The molecule has 12 atom stereocenters. The number of esters is 1. The van der Waals surface area contributed by atoms with Crippen molar-refractivity contribution in [1.29, 1.82) is 0 Å². The Morgan fingerprint density at radius 1 is 1.08 bits per heavy atom. The van der Waals surface area contributed by atoms with Crippen molar-refractivity contribution < 1.29 is 49.7 Å². The molecule has 1 aliphatic heterocycles. The van der Waals surface area contributed by atoms with Gasteiger partial charge in [0.1, 0.15) is 24.4 Å². The van der Waals surface area contributed by atoms with Crippen LogP contribution in [0.15, 0.2) is 12.2 Å². The molecule has 1 saturated heterocycles. The highest BCUT2D eigenvalue weighted by Crippen LogP contribution is 2.72. The van der Waals surface area contributed by atoms with E-state index in [1.807, 2.05) is 6.92 Å². The molecular formula is C26H38O10. The highest BCUT2D eigenvalue weighted by atomic mass is 16.7. The monoisotopic (exact) mass is 510 g/mol. The van der Waals surface area contributed by atoms with Gasteiger partial charge in [0.25, 0.3) is 0 Å².